The van der Waals surface area contributed by atoms with Crippen molar-refractivity contribution in [3.05, 3.63) is 23.5 Å². The summed E-state index contributed by atoms with van der Waals surface area (Å²) in [7, 11) is 0. The van der Waals surface area contributed by atoms with E-state index in [1.165, 1.54) is 24.2 Å². The molecule has 1 aromatic rings. The van der Waals surface area contributed by atoms with Gasteiger partial charge in [-0.05, 0) is 69.8 Å². The van der Waals surface area contributed by atoms with Crippen molar-refractivity contribution >= 4 is 23.2 Å². The molecule has 1 aliphatic carbocycles. The van der Waals surface area contributed by atoms with Crippen molar-refractivity contribution in [3.8, 4) is 0 Å². The third-order valence-corrected chi connectivity index (χ3v) is 6.65. The van der Waals surface area contributed by atoms with Gasteiger partial charge in [0.15, 0.2) is 5.11 Å². The molecule has 0 saturated heterocycles. The second-order valence-corrected chi connectivity index (χ2v) is 9.98. The lowest BCUT2D eigenvalue weighted by Gasteiger charge is -2.38. The van der Waals surface area contributed by atoms with Gasteiger partial charge in [-0.1, -0.05) is 40.5 Å². The monoisotopic (exact) mass is 434 g/mol. The molecule has 1 aliphatic rings. The number of hydrogen-bond acceptors (Lipinski definition) is 2. The Morgan fingerprint density at radius 2 is 1.83 bits per heavy atom. The molecule has 170 valence electrons. The van der Waals surface area contributed by atoms with Crippen molar-refractivity contribution in [2.75, 3.05) is 13.1 Å². The molecule has 0 unspecified atom stereocenters. The fraction of sp³-hybridized carbons (Fsp3) is 0.750. The summed E-state index contributed by atoms with van der Waals surface area (Å²) < 4.78 is 2.50. The SMILES string of the molecule is CCc1ccc(C)n1[C@@H]1CCCC[C@H]1NC(=S)N[C@H](C(=O)N(CC)CC)C(C)(C)C. The summed E-state index contributed by atoms with van der Waals surface area (Å²) in [5, 5.41) is 7.57. The molecule has 1 saturated carbocycles. The molecule has 1 aromatic heterocycles. The quantitative estimate of drug-likeness (QED) is 0.616. The summed E-state index contributed by atoms with van der Waals surface area (Å²) in [6.45, 7) is 16.2. The van der Waals surface area contributed by atoms with Crippen LogP contribution in [0.1, 0.15) is 84.7 Å². The van der Waals surface area contributed by atoms with Crippen LogP contribution in [-0.2, 0) is 11.2 Å². The molecule has 5 nitrogen and oxygen atoms in total. The first-order chi connectivity index (χ1) is 14.1. The van der Waals surface area contributed by atoms with Crippen LogP contribution in [0.3, 0.4) is 0 Å². The van der Waals surface area contributed by atoms with Gasteiger partial charge in [0.25, 0.3) is 0 Å². The standard InChI is InChI=1S/C24H42N4OS/c1-8-18-16-15-17(4)28(18)20-14-12-11-13-19(20)25-23(30)26-21(24(5,6)7)22(29)27(9-2)10-3/h15-16,19-21H,8-14H2,1-7H3,(H2,25,26,30)/t19-,20-,21-/m1/s1. The summed E-state index contributed by atoms with van der Waals surface area (Å²) in [4.78, 5) is 15.0. The predicted octanol–water partition coefficient (Wildman–Crippen LogP) is 4.59. The zero-order valence-electron chi connectivity index (χ0n) is 20.0. The smallest absolute Gasteiger partial charge is 0.245 e. The molecular weight excluding hydrogens is 392 g/mol. The summed E-state index contributed by atoms with van der Waals surface area (Å²) in [6, 6.07) is 4.79. The summed E-state index contributed by atoms with van der Waals surface area (Å²) >= 11 is 5.73. The number of carbonyl (C=O) groups is 1. The van der Waals surface area contributed by atoms with E-state index in [2.05, 4.69) is 62.0 Å². The number of aromatic nitrogens is 1. The average Bonchev–Trinajstić information content (AvgIpc) is 3.07. The van der Waals surface area contributed by atoms with Crippen LogP contribution in [0.15, 0.2) is 12.1 Å². The van der Waals surface area contributed by atoms with Crippen molar-refractivity contribution in [2.24, 2.45) is 5.41 Å². The Morgan fingerprint density at radius 3 is 2.40 bits per heavy atom. The molecule has 3 atom stereocenters. The molecule has 0 radical (unpaired) electrons. The van der Waals surface area contributed by atoms with Gasteiger partial charge in [-0.15, -0.1) is 0 Å². The van der Waals surface area contributed by atoms with E-state index in [0.717, 1.165) is 19.3 Å². The van der Waals surface area contributed by atoms with Gasteiger partial charge >= 0.3 is 0 Å². The predicted molar refractivity (Wildman–Crippen MR) is 130 cm³/mol. The second kappa shape index (κ2) is 10.7. The first-order valence-electron chi connectivity index (χ1n) is 11.7. The van der Waals surface area contributed by atoms with E-state index < -0.39 is 0 Å². The summed E-state index contributed by atoms with van der Waals surface area (Å²) in [5.74, 6) is 0.117. The summed E-state index contributed by atoms with van der Waals surface area (Å²) in [5.41, 5.74) is 2.46. The van der Waals surface area contributed by atoms with Gasteiger partial charge < -0.3 is 20.1 Å². The van der Waals surface area contributed by atoms with E-state index in [9.17, 15) is 4.79 Å². The Hall–Kier alpha value is -1.56. The molecule has 1 heterocycles. The Morgan fingerprint density at radius 1 is 1.20 bits per heavy atom. The van der Waals surface area contributed by atoms with Crippen LogP contribution in [0.5, 0.6) is 0 Å². The van der Waals surface area contributed by atoms with Gasteiger partial charge in [0.05, 0.1) is 6.04 Å². The molecule has 2 rings (SSSR count). The number of rotatable bonds is 7. The number of likely N-dealkylation sites (N-methyl/N-ethyl adjacent to an activating group) is 1. The van der Waals surface area contributed by atoms with Crippen LogP contribution < -0.4 is 10.6 Å². The minimum Gasteiger partial charge on any atom is -0.358 e. The van der Waals surface area contributed by atoms with Crippen molar-refractivity contribution in [1.29, 1.82) is 0 Å². The highest BCUT2D eigenvalue weighted by Gasteiger charge is 2.35. The van der Waals surface area contributed by atoms with E-state index in [1.807, 2.05) is 18.7 Å². The first-order valence-corrected chi connectivity index (χ1v) is 12.1. The number of nitrogens with one attached hydrogen (secondary N) is 2. The Labute approximate surface area is 189 Å². The van der Waals surface area contributed by atoms with E-state index in [0.29, 0.717) is 24.2 Å². The topological polar surface area (TPSA) is 49.3 Å². The molecule has 0 aromatic carbocycles. The Kier molecular flexibility index (Phi) is 8.77. The van der Waals surface area contributed by atoms with Gasteiger partial charge in [-0.25, -0.2) is 0 Å². The molecule has 1 fully saturated rings. The zero-order valence-corrected chi connectivity index (χ0v) is 20.9. The minimum atomic E-state index is -0.348. The van der Waals surface area contributed by atoms with Gasteiger partial charge in [0, 0.05) is 30.5 Å². The van der Waals surface area contributed by atoms with Crippen LogP contribution in [-0.4, -0.2) is 45.7 Å². The van der Waals surface area contributed by atoms with E-state index in [4.69, 9.17) is 12.2 Å². The van der Waals surface area contributed by atoms with Gasteiger partial charge in [0.2, 0.25) is 5.91 Å². The number of amides is 1. The maximum atomic E-state index is 13.1. The van der Waals surface area contributed by atoms with Crippen molar-refractivity contribution < 1.29 is 4.79 Å². The zero-order chi connectivity index (χ0) is 22.5. The third-order valence-electron chi connectivity index (χ3n) is 6.41. The number of hydrogen-bond donors (Lipinski definition) is 2. The van der Waals surface area contributed by atoms with Crippen LogP contribution in [0.25, 0.3) is 0 Å². The highest BCUT2D eigenvalue weighted by atomic mass is 32.1. The number of nitrogens with zero attached hydrogens (tertiary/aromatic N) is 2. The van der Waals surface area contributed by atoms with Crippen LogP contribution in [0, 0.1) is 12.3 Å². The largest absolute Gasteiger partial charge is 0.358 e. The normalized spacial score (nSPS) is 20.5. The Balaban J connectivity index is 2.17. The molecule has 30 heavy (non-hydrogen) atoms. The second-order valence-electron chi connectivity index (χ2n) is 9.58. The lowest BCUT2D eigenvalue weighted by molar-refractivity contribution is -0.135. The molecule has 0 aliphatic heterocycles. The summed E-state index contributed by atoms with van der Waals surface area (Å²) in [6.07, 6.45) is 5.74. The number of thiocarbonyl (C=S) groups is 1. The number of carbonyl (C=O) groups excluding carboxylic acids is 1. The van der Waals surface area contributed by atoms with E-state index in [-0.39, 0.29) is 23.4 Å². The van der Waals surface area contributed by atoms with Crippen molar-refractivity contribution in [2.45, 2.75) is 98.7 Å². The van der Waals surface area contributed by atoms with Crippen LogP contribution in [0.2, 0.25) is 0 Å². The number of aryl methyl sites for hydroxylation is 2. The molecule has 0 spiro atoms. The average molecular weight is 435 g/mol. The molecular formula is C24H42N4OS. The highest BCUT2D eigenvalue weighted by molar-refractivity contribution is 7.80. The Bertz CT molecular complexity index is 717. The van der Waals surface area contributed by atoms with Gasteiger partial charge in [0.1, 0.15) is 6.04 Å². The maximum Gasteiger partial charge on any atom is 0.245 e. The van der Waals surface area contributed by atoms with Gasteiger partial charge in [-0.2, -0.15) is 0 Å². The first kappa shape index (κ1) is 24.7. The van der Waals surface area contributed by atoms with E-state index >= 15 is 0 Å². The highest BCUT2D eigenvalue weighted by Crippen LogP contribution is 2.32. The van der Waals surface area contributed by atoms with Crippen molar-refractivity contribution in [3.63, 3.8) is 0 Å². The van der Waals surface area contributed by atoms with Gasteiger partial charge in [-0.3, -0.25) is 4.79 Å². The minimum absolute atomic E-state index is 0.117. The van der Waals surface area contributed by atoms with Crippen molar-refractivity contribution in [1.82, 2.24) is 20.1 Å². The lowest BCUT2D eigenvalue weighted by Crippen LogP contribution is -2.58. The van der Waals surface area contributed by atoms with Crippen LogP contribution >= 0.6 is 12.2 Å². The molecule has 0 bridgehead atoms. The van der Waals surface area contributed by atoms with E-state index in [1.54, 1.807) is 0 Å². The maximum absolute atomic E-state index is 13.1. The van der Waals surface area contributed by atoms with Crippen LogP contribution in [0.4, 0.5) is 0 Å². The lowest BCUT2D eigenvalue weighted by atomic mass is 9.85. The molecule has 6 heteroatoms. The molecule has 1 amide bonds. The fourth-order valence-corrected chi connectivity index (χ4v) is 4.93. The third kappa shape index (κ3) is 5.77. The molecule has 2 N–H and O–H groups in total. The fourth-order valence-electron chi connectivity index (χ4n) is 4.66.